The van der Waals surface area contributed by atoms with Crippen LogP contribution in [0.3, 0.4) is 0 Å². The smallest absolute Gasteiger partial charge is 0.247 e. The van der Waals surface area contributed by atoms with E-state index in [2.05, 4.69) is 5.32 Å². The van der Waals surface area contributed by atoms with Gasteiger partial charge in [-0.15, -0.1) is 0 Å². The lowest BCUT2D eigenvalue weighted by Gasteiger charge is -2.13. The maximum atomic E-state index is 12.1. The van der Waals surface area contributed by atoms with Crippen molar-refractivity contribution in [1.82, 2.24) is 5.32 Å². The zero-order valence-electron chi connectivity index (χ0n) is 11.3. The highest BCUT2D eigenvalue weighted by molar-refractivity contribution is 6.32. The lowest BCUT2D eigenvalue weighted by atomic mass is 10.1. The summed E-state index contributed by atoms with van der Waals surface area (Å²) in [6, 6.07) is 7.40. The molecule has 4 heteroatoms. The first-order valence-corrected chi connectivity index (χ1v) is 7.01. The van der Waals surface area contributed by atoms with Gasteiger partial charge in [-0.1, -0.05) is 42.0 Å². The minimum Gasteiger partial charge on any atom is -0.396 e. The number of aliphatic hydroxyl groups excluding tert-OH is 1. The van der Waals surface area contributed by atoms with Crippen molar-refractivity contribution in [2.24, 2.45) is 5.92 Å². The van der Waals surface area contributed by atoms with Gasteiger partial charge in [0.25, 0.3) is 0 Å². The van der Waals surface area contributed by atoms with Gasteiger partial charge in [0.15, 0.2) is 0 Å². The standard InChI is InChI=1S/C16H18ClNO2/c1-11(8-13-4-2-3-5-15(13)17)16(20)18-14-7-6-12(9-14)10-19/h2-8,12,14,19H,9-10H2,1H3,(H,18,20)/b11-8-/t12-,14+/m0/s1. The number of hydrogen-bond acceptors (Lipinski definition) is 2. The van der Waals surface area contributed by atoms with E-state index < -0.39 is 0 Å². The van der Waals surface area contributed by atoms with Gasteiger partial charge in [-0.2, -0.15) is 0 Å². The average molecular weight is 292 g/mol. The van der Waals surface area contributed by atoms with Gasteiger partial charge in [-0.3, -0.25) is 4.79 Å². The fourth-order valence-corrected chi connectivity index (χ4v) is 2.38. The molecule has 0 saturated carbocycles. The first-order chi connectivity index (χ1) is 9.60. The van der Waals surface area contributed by atoms with E-state index in [-0.39, 0.29) is 24.5 Å². The number of aliphatic hydroxyl groups is 1. The highest BCUT2D eigenvalue weighted by Crippen LogP contribution is 2.19. The number of nitrogens with one attached hydrogen (secondary N) is 1. The van der Waals surface area contributed by atoms with Crippen LogP contribution < -0.4 is 5.32 Å². The molecule has 0 radical (unpaired) electrons. The summed E-state index contributed by atoms with van der Waals surface area (Å²) in [5.41, 5.74) is 1.44. The molecule has 0 bridgehead atoms. The zero-order chi connectivity index (χ0) is 14.5. The highest BCUT2D eigenvalue weighted by Gasteiger charge is 2.20. The van der Waals surface area contributed by atoms with Crippen LogP contribution in [0.25, 0.3) is 6.08 Å². The van der Waals surface area contributed by atoms with E-state index in [0.29, 0.717) is 10.6 Å². The molecule has 0 aliphatic heterocycles. The van der Waals surface area contributed by atoms with Crippen LogP contribution in [0.2, 0.25) is 5.02 Å². The van der Waals surface area contributed by atoms with Gasteiger partial charge in [0.2, 0.25) is 5.91 Å². The second kappa shape index (κ2) is 6.73. The van der Waals surface area contributed by atoms with Crippen molar-refractivity contribution >= 4 is 23.6 Å². The summed E-state index contributed by atoms with van der Waals surface area (Å²) in [6.07, 6.45) is 6.40. The second-order valence-electron chi connectivity index (χ2n) is 4.99. The van der Waals surface area contributed by atoms with Gasteiger partial charge in [-0.05, 0) is 31.1 Å². The maximum Gasteiger partial charge on any atom is 0.247 e. The Morgan fingerprint density at radius 1 is 1.45 bits per heavy atom. The zero-order valence-corrected chi connectivity index (χ0v) is 12.1. The summed E-state index contributed by atoms with van der Waals surface area (Å²) in [5.74, 6) is 0.0336. The largest absolute Gasteiger partial charge is 0.396 e. The summed E-state index contributed by atoms with van der Waals surface area (Å²) in [4.78, 5) is 12.1. The summed E-state index contributed by atoms with van der Waals surface area (Å²) < 4.78 is 0. The Hall–Kier alpha value is -1.58. The predicted octanol–water partition coefficient (Wildman–Crippen LogP) is 2.80. The first-order valence-electron chi connectivity index (χ1n) is 6.63. The van der Waals surface area contributed by atoms with E-state index in [1.165, 1.54) is 0 Å². The molecule has 0 heterocycles. The summed E-state index contributed by atoms with van der Waals surface area (Å²) in [7, 11) is 0. The van der Waals surface area contributed by atoms with E-state index in [0.717, 1.165) is 12.0 Å². The van der Waals surface area contributed by atoms with Gasteiger partial charge in [0.1, 0.15) is 0 Å². The van der Waals surface area contributed by atoms with Gasteiger partial charge >= 0.3 is 0 Å². The number of benzene rings is 1. The SMILES string of the molecule is C/C(=C/c1ccccc1Cl)C(=O)N[C@@H]1C=C[C@H](CO)C1. The van der Waals surface area contributed by atoms with E-state index in [4.69, 9.17) is 16.7 Å². The molecule has 0 fully saturated rings. The number of carbonyl (C=O) groups is 1. The molecule has 1 amide bonds. The molecule has 0 unspecified atom stereocenters. The maximum absolute atomic E-state index is 12.1. The summed E-state index contributed by atoms with van der Waals surface area (Å²) in [6.45, 7) is 1.89. The van der Waals surface area contributed by atoms with Crippen LogP contribution in [-0.2, 0) is 4.79 Å². The van der Waals surface area contributed by atoms with Crippen molar-refractivity contribution in [1.29, 1.82) is 0 Å². The Morgan fingerprint density at radius 2 is 2.20 bits per heavy atom. The molecule has 0 aromatic heterocycles. The molecule has 0 saturated heterocycles. The third kappa shape index (κ3) is 3.71. The molecular weight excluding hydrogens is 274 g/mol. The third-order valence-electron chi connectivity index (χ3n) is 3.36. The Balaban J connectivity index is 1.99. The molecule has 1 aromatic carbocycles. The molecule has 106 valence electrons. The Labute approximate surface area is 124 Å². The molecule has 1 aromatic rings. The molecule has 20 heavy (non-hydrogen) atoms. The van der Waals surface area contributed by atoms with Gasteiger partial charge in [0.05, 0.1) is 0 Å². The molecule has 2 N–H and O–H groups in total. The number of amides is 1. The lowest BCUT2D eigenvalue weighted by molar-refractivity contribution is -0.117. The van der Waals surface area contributed by atoms with Crippen molar-refractivity contribution in [2.75, 3.05) is 6.61 Å². The molecule has 2 atom stereocenters. The normalized spacial score (nSPS) is 22.1. The molecule has 1 aliphatic carbocycles. The van der Waals surface area contributed by atoms with Crippen molar-refractivity contribution in [3.05, 3.63) is 52.6 Å². The number of halogens is 1. The molecule has 2 rings (SSSR count). The monoisotopic (exact) mass is 291 g/mol. The van der Waals surface area contributed by atoms with Crippen LogP contribution >= 0.6 is 11.6 Å². The fraction of sp³-hybridized carbons (Fsp3) is 0.312. The van der Waals surface area contributed by atoms with Crippen LogP contribution in [0.5, 0.6) is 0 Å². The average Bonchev–Trinajstić information content (AvgIpc) is 2.89. The van der Waals surface area contributed by atoms with Crippen LogP contribution in [0, 0.1) is 5.92 Å². The Morgan fingerprint density at radius 3 is 2.85 bits per heavy atom. The number of rotatable bonds is 4. The number of hydrogen-bond donors (Lipinski definition) is 2. The van der Waals surface area contributed by atoms with Crippen LogP contribution in [0.1, 0.15) is 18.9 Å². The van der Waals surface area contributed by atoms with Crippen LogP contribution in [0.15, 0.2) is 42.0 Å². The summed E-state index contributed by atoms with van der Waals surface area (Å²) >= 11 is 6.07. The van der Waals surface area contributed by atoms with Gasteiger partial charge in [-0.25, -0.2) is 0 Å². The van der Waals surface area contributed by atoms with E-state index in [9.17, 15) is 4.79 Å². The Kier molecular flexibility index (Phi) is 4.99. The van der Waals surface area contributed by atoms with Crippen molar-refractivity contribution in [3.8, 4) is 0 Å². The van der Waals surface area contributed by atoms with Crippen molar-refractivity contribution in [2.45, 2.75) is 19.4 Å². The lowest BCUT2D eigenvalue weighted by Crippen LogP contribution is -2.33. The van der Waals surface area contributed by atoms with Crippen molar-refractivity contribution in [3.63, 3.8) is 0 Å². The summed E-state index contributed by atoms with van der Waals surface area (Å²) in [5, 5.41) is 12.6. The molecule has 3 nitrogen and oxygen atoms in total. The highest BCUT2D eigenvalue weighted by atomic mass is 35.5. The van der Waals surface area contributed by atoms with Gasteiger partial charge in [0, 0.05) is 29.2 Å². The predicted molar refractivity (Wildman–Crippen MR) is 81.4 cm³/mol. The molecule has 1 aliphatic rings. The third-order valence-corrected chi connectivity index (χ3v) is 3.70. The quantitative estimate of drug-likeness (QED) is 0.662. The van der Waals surface area contributed by atoms with Crippen molar-refractivity contribution < 1.29 is 9.90 Å². The van der Waals surface area contributed by atoms with Crippen LogP contribution in [-0.4, -0.2) is 23.7 Å². The molecule has 0 spiro atoms. The van der Waals surface area contributed by atoms with E-state index in [1.54, 1.807) is 19.1 Å². The van der Waals surface area contributed by atoms with E-state index in [1.807, 2.05) is 30.4 Å². The fourth-order valence-electron chi connectivity index (χ4n) is 2.19. The minimum absolute atomic E-state index is 0.00533. The molecular formula is C16H18ClNO2. The Bertz CT molecular complexity index is 551. The number of carbonyl (C=O) groups excluding carboxylic acids is 1. The van der Waals surface area contributed by atoms with E-state index >= 15 is 0 Å². The second-order valence-corrected chi connectivity index (χ2v) is 5.40. The minimum atomic E-state index is -0.113. The topological polar surface area (TPSA) is 49.3 Å². The van der Waals surface area contributed by atoms with Gasteiger partial charge < -0.3 is 10.4 Å². The van der Waals surface area contributed by atoms with Crippen LogP contribution in [0.4, 0.5) is 0 Å². The first kappa shape index (κ1) is 14.8.